The van der Waals surface area contributed by atoms with E-state index in [4.69, 9.17) is 9.47 Å². The van der Waals surface area contributed by atoms with Gasteiger partial charge in [0.25, 0.3) is 0 Å². The molecule has 3 rings (SSSR count). The highest BCUT2D eigenvalue weighted by atomic mass is 19.4. The third-order valence-corrected chi connectivity index (χ3v) is 5.78. The van der Waals surface area contributed by atoms with Crippen LogP contribution in [0, 0.1) is 5.92 Å². The summed E-state index contributed by atoms with van der Waals surface area (Å²) in [4.78, 5) is 28.5. The molecule has 13 heteroatoms. The predicted molar refractivity (Wildman–Crippen MR) is 116 cm³/mol. The number of carboxylic acid groups (broad SMARTS) is 1. The summed E-state index contributed by atoms with van der Waals surface area (Å²) in [6.45, 7) is 2.14. The van der Waals surface area contributed by atoms with Crippen LogP contribution in [-0.4, -0.2) is 61.7 Å². The number of pyridine rings is 1. The zero-order chi connectivity index (χ0) is 25.8. The molecule has 0 unspecified atom stereocenters. The van der Waals surface area contributed by atoms with Gasteiger partial charge in [0.1, 0.15) is 18.0 Å². The van der Waals surface area contributed by atoms with Crippen molar-refractivity contribution in [3.63, 3.8) is 0 Å². The van der Waals surface area contributed by atoms with E-state index in [1.807, 2.05) is 6.92 Å². The minimum atomic E-state index is -4.83. The molecule has 2 aromatic heterocycles. The van der Waals surface area contributed by atoms with Gasteiger partial charge < -0.3 is 19.5 Å². The quantitative estimate of drug-likeness (QED) is 0.581. The number of carbonyl (C=O) groups excluding carboxylic acids is 1. The van der Waals surface area contributed by atoms with E-state index in [0.29, 0.717) is 25.8 Å². The Labute approximate surface area is 200 Å². The molecular weight excluding hydrogens is 471 g/mol. The van der Waals surface area contributed by atoms with Gasteiger partial charge in [0, 0.05) is 20.6 Å². The number of hydrogen-bond acceptors (Lipinski definition) is 7. The van der Waals surface area contributed by atoms with Crippen LogP contribution in [0.2, 0.25) is 0 Å². The van der Waals surface area contributed by atoms with E-state index in [1.165, 1.54) is 22.7 Å². The van der Waals surface area contributed by atoms with E-state index in [9.17, 15) is 27.9 Å². The molecule has 1 saturated carbocycles. The highest BCUT2D eigenvalue weighted by Gasteiger charge is 2.39. The van der Waals surface area contributed by atoms with E-state index >= 15 is 0 Å². The molecule has 2 atom stereocenters. The molecule has 2 heterocycles. The smallest absolute Gasteiger partial charge is 0.437 e. The molecule has 35 heavy (non-hydrogen) atoms. The van der Waals surface area contributed by atoms with Crippen LogP contribution >= 0.6 is 0 Å². The van der Waals surface area contributed by atoms with Crippen LogP contribution in [0.5, 0.6) is 5.75 Å². The molecule has 1 amide bonds. The topological polar surface area (TPSA) is 120 Å². The summed E-state index contributed by atoms with van der Waals surface area (Å²) in [5.74, 6) is -2.12. The lowest BCUT2D eigenvalue weighted by molar-refractivity contribution is -0.146. The second kappa shape index (κ2) is 10.9. The van der Waals surface area contributed by atoms with E-state index < -0.39 is 41.7 Å². The van der Waals surface area contributed by atoms with Crippen molar-refractivity contribution in [3.8, 4) is 17.1 Å². The van der Waals surface area contributed by atoms with E-state index in [2.05, 4.69) is 15.3 Å². The second-order valence-corrected chi connectivity index (χ2v) is 8.47. The number of aromatic nitrogens is 4. The fraction of sp³-hybridized carbons (Fsp3) is 0.591. The number of carboxylic acids is 1. The second-order valence-electron chi connectivity index (χ2n) is 8.47. The summed E-state index contributed by atoms with van der Waals surface area (Å²) in [7, 11) is 3.11. The number of ether oxygens (including phenoxy) is 2. The first-order valence-electron chi connectivity index (χ1n) is 11.3. The van der Waals surface area contributed by atoms with Crippen molar-refractivity contribution >= 4 is 12.1 Å². The van der Waals surface area contributed by atoms with E-state index in [0.717, 1.165) is 12.5 Å². The third kappa shape index (κ3) is 6.40. The van der Waals surface area contributed by atoms with Gasteiger partial charge in [-0.25, -0.2) is 14.5 Å². The van der Waals surface area contributed by atoms with Gasteiger partial charge in [-0.15, -0.1) is 5.10 Å². The van der Waals surface area contributed by atoms with Crippen molar-refractivity contribution in [2.45, 2.75) is 57.9 Å². The van der Waals surface area contributed by atoms with E-state index in [1.54, 1.807) is 7.05 Å². The van der Waals surface area contributed by atoms with Gasteiger partial charge in [0.2, 0.25) is 0 Å². The predicted octanol–water partition coefficient (Wildman–Crippen LogP) is 3.90. The number of aliphatic carboxylic acids is 1. The maximum Gasteiger partial charge on any atom is 0.437 e. The molecule has 0 aliphatic heterocycles. The Morgan fingerprint density at radius 3 is 2.69 bits per heavy atom. The molecule has 0 spiro atoms. The summed E-state index contributed by atoms with van der Waals surface area (Å²) < 4.78 is 53.8. The highest BCUT2D eigenvalue weighted by Crippen LogP contribution is 2.38. The summed E-state index contributed by atoms with van der Waals surface area (Å²) in [5.41, 5.74) is -1.05. The van der Waals surface area contributed by atoms with Crippen molar-refractivity contribution in [1.29, 1.82) is 0 Å². The summed E-state index contributed by atoms with van der Waals surface area (Å²) in [6, 6.07) is 2.47. The zero-order valence-electron chi connectivity index (χ0n) is 19.7. The number of rotatable bonds is 8. The maximum absolute atomic E-state index is 13.9. The molecule has 10 nitrogen and oxygen atoms in total. The van der Waals surface area contributed by atoms with Crippen molar-refractivity contribution in [2.24, 2.45) is 13.0 Å². The molecule has 1 N–H and O–H groups in total. The minimum Gasteiger partial charge on any atom is -0.488 e. The first kappa shape index (κ1) is 26.2. The first-order chi connectivity index (χ1) is 16.5. The van der Waals surface area contributed by atoms with Gasteiger partial charge in [0.05, 0.1) is 17.7 Å². The fourth-order valence-corrected chi connectivity index (χ4v) is 3.94. The molecule has 0 bridgehead atoms. The largest absolute Gasteiger partial charge is 0.488 e. The Morgan fingerprint density at radius 1 is 1.29 bits per heavy atom. The minimum absolute atomic E-state index is 0.0408. The Balaban J connectivity index is 1.85. The molecule has 1 aliphatic rings. The van der Waals surface area contributed by atoms with Crippen LogP contribution in [-0.2, 0) is 29.4 Å². The Bertz CT molecular complexity index is 1060. The van der Waals surface area contributed by atoms with Gasteiger partial charge in [-0.05, 0) is 44.2 Å². The first-order valence-corrected chi connectivity index (χ1v) is 11.3. The highest BCUT2D eigenvalue weighted by molar-refractivity contribution is 5.70. The molecular formula is C22H28F3N5O5. The average Bonchev–Trinajstić information content (AvgIpc) is 3.17. The molecule has 1 aliphatic carbocycles. The number of halogens is 3. The number of hydrogen-bond donors (Lipinski definition) is 1. The van der Waals surface area contributed by atoms with Crippen molar-refractivity contribution in [2.75, 3.05) is 13.6 Å². The van der Waals surface area contributed by atoms with Gasteiger partial charge >= 0.3 is 18.2 Å². The Kier molecular flexibility index (Phi) is 8.18. The SMILES string of the molecule is CCCN(C)C(=O)OCc1c(-c2ccc(O[C@H]3CCC[C@H](C(=O)O)C3)c(C(F)(F)F)n2)nnn1C. The van der Waals surface area contributed by atoms with Gasteiger partial charge in [0.15, 0.2) is 11.4 Å². The lowest BCUT2D eigenvalue weighted by atomic mass is 9.87. The molecule has 0 saturated heterocycles. The van der Waals surface area contributed by atoms with Crippen molar-refractivity contribution in [3.05, 3.63) is 23.5 Å². The van der Waals surface area contributed by atoms with Crippen LogP contribution in [0.25, 0.3) is 11.4 Å². The van der Waals surface area contributed by atoms with Crippen LogP contribution in [0.4, 0.5) is 18.0 Å². The van der Waals surface area contributed by atoms with Gasteiger partial charge in [-0.2, -0.15) is 13.2 Å². The standard InChI is InChI=1S/C22H28F3N5O5/c1-4-10-29(2)21(33)34-12-16-18(27-28-30(16)3)15-8-9-17(19(26-15)22(23,24)25)35-14-7-5-6-13(11-14)20(31)32/h8-9,13-14H,4-7,10-12H2,1-3H3,(H,31,32)/t13-,14-/m0/s1. The number of alkyl halides is 3. The maximum atomic E-state index is 13.9. The molecule has 0 aromatic carbocycles. The summed E-state index contributed by atoms with van der Waals surface area (Å²) in [6.07, 6.45) is -3.75. The van der Waals surface area contributed by atoms with Crippen molar-refractivity contribution < 1.29 is 37.3 Å². The monoisotopic (exact) mass is 499 g/mol. The molecule has 1 fully saturated rings. The molecule has 192 valence electrons. The van der Waals surface area contributed by atoms with Gasteiger partial charge in [-0.1, -0.05) is 12.1 Å². The zero-order valence-corrected chi connectivity index (χ0v) is 19.7. The van der Waals surface area contributed by atoms with Crippen molar-refractivity contribution in [1.82, 2.24) is 24.9 Å². The number of amides is 1. The molecule has 2 aromatic rings. The third-order valence-electron chi connectivity index (χ3n) is 5.78. The van der Waals surface area contributed by atoms with Crippen LogP contribution in [0.15, 0.2) is 12.1 Å². The van der Waals surface area contributed by atoms with Crippen LogP contribution in [0.3, 0.4) is 0 Å². The van der Waals surface area contributed by atoms with E-state index in [-0.39, 0.29) is 30.1 Å². The normalized spacial score (nSPS) is 18.2. The molecule has 0 radical (unpaired) electrons. The Morgan fingerprint density at radius 2 is 2.03 bits per heavy atom. The lowest BCUT2D eigenvalue weighted by Crippen LogP contribution is -2.30. The number of nitrogens with zero attached hydrogens (tertiary/aromatic N) is 5. The lowest BCUT2D eigenvalue weighted by Gasteiger charge is -2.28. The average molecular weight is 499 g/mol. The van der Waals surface area contributed by atoms with Crippen LogP contribution < -0.4 is 4.74 Å². The summed E-state index contributed by atoms with van der Waals surface area (Å²) >= 11 is 0. The van der Waals surface area contributed by atoms with Crippen LogP contribution in [0.1, 0.15) is 50.4 Å². The summed E-state index contributed by atoms with van der Waals surface area (Å²) in [5, 5.41) is 17.0. The fourth-order valence-electron chi connectivity index (χ4n) is 3.94. The number of carbonyl (C=O) groups is 2. The van der Waals surface area contributed by atoms with Gasteiger partial charge in [-0.3, -0.25) is 4.79 Å². The Hall–Kier alpha value is -3.38. The number of aryl methyl sites for hydroxylation is 1.